The van der Waals surface area contributed by atoms with Gasteiger partial charge < -0.3 is 11.1 Å². The van der Waals surface area contributed by atoms with E-state index in [0.29, 0.717) is 13.0 Å². The summed E-state index contributed by atoms with van der Waals surface area (Å²) >= 11 is 0. The van der Waals surface area contributed by atoms with Gasteiger partial charge in [-0.25, -0.2) is 0 Å². The average Bonchev–Trinajstić information content (AvgIpc) is 2.50. The summed E-state index contributed by atoms with van der Waals surface area (Å²) in [6.45, 7) is 8.06. The molecule has 1 aromatic rings. The standard InChI is InChI=1S/C12H22N4O/c1-6-12(4,13)11(17)14-7-10-8(2)15-16(5)9(10)3/h6-7,13H2,1-5H3,(H,14,17). The zero-order chi connectivity index (χ0) is 13.2. The molecule has 0 aliphatic carbocycles. The summed E-state index contributed by atoms with van der Waals surface area (Å²) in [6.07, 6.45) is 0.615. The second-order valence-corrected chi connectivity index (χ2v) is 4.73. The van der Waals surface area contributed by atoms with E-state index in [0.717, 1.165) is 17.0 Å². The van der Waals surface area contributed by atoms with Gasteiger partial charge in [-0.2, -0.15) is 5.10 Å². The van der Waals surface area contributed by atoms with E-state index in [1.165, 1.54) is 0 Å². The number of nitrogens with zero attached hydrogens (tertiary/aromatic N) is 2. The first-order valence-corrected chi connectivity index (χ1v) is 5.85. The summed E-state index contributed by atoms with van der Waals surface area (Å²) in [4.78, 5) is 11.8. The van der Waals surface area contributed by atoms with Gasteiger partial charge in [0, 0.05) is 24.8 Å². The van der Waals surface area contributed by atoms with E-state index >= 15 is 0 Å². The molecule has 0 aliphatic rings. The number of nitrogens with one attached hydrogen (secondary N) is 1. The minimum Gasteiger partial charge on any atom is -0.350 e. The quantitative estimate of drug-likeness (QED) is 0.814. The molecule has 1 heterocycles. The van der Waals surface area contributed by atoms with E-state index in [2.05, 4.69) is 10.4 Å². The number of aromatic nitrogens is 2. The molecule has 0 saturated carbocycles. The second-order valence-electron chi connectivity index (χ2n) is 4.73. The molecule has 96 valence electrons. The molecule has 0 aromatic carbocycles. The molecule has 1 rings (SSSR count). The first-order chi connectivity index (χ1) is 7.79. The number of hydrogen-bond donors (Lipinski definition) is 2. The molecular weight excluding hydrogens is 216 g/mol. The fourth-order valence-corrected chi connectivity index (χ4v) is 1.60. The molecule has 5 nitrogen and oxygen atoms in total. The molecular formula is C12H22N4O. The van der Waals surface area contributed by atoms with Crippen LogP contribution < -0.4 is 11.1 Å². The van der Waals surface area contributed by atoms with Crippen molar-refractivity contribution >= 4 is 5.91 Å². The van der Waals surface area contributed by atoms with Crippen molar-refractivity contribution < 1.29 is 4.79 Å². The molecule has 1 unspecified atom stereocenters. The highest BCUT2D eigenvalue weighted by atomic mass is 16.2. The predicted octanol–water partition coefficient (Wildman–Crippen LogP) is 0.781. The summed E-state index contributed by atoms with van der Waals surface area (Å²) in [6, 6.07) is 0. The summed E-state index contributed by atoms with van der Waals surface area (Å²) in [5.74, 6) is -0.123. The monoisotopic (exact) mass is 238 g/mol. The van der Waals surface area contributed by atoms with Crippen LogP contribution in [0.5, 0.6) is 0 Å². The Morgan fingerprint density at radius 3 is 2.53 bits per heavy atom. The second kappa shape index (κ2) is 4.87. The van der Waals surface area contributed by atoms with E-state index in [-0.39, 0.29) is 5.91 Å². The molecule has 0 aliphatic heterocycles. The molecule has 3 N–H and O–H groups in total. The van der Waals surface area contributed by atoms with E-state index in [1.807, 2.05) is 32.5 Å². The summed E-state index contributed by atoms with van der Waals surface area (Å²) in [5, 5.41) is 7.17. The van der Waals surface area contributed by atoms with Gasteiger partial charge in [-0.3, -0.25) is 9.48 Å². The van der Waals surface area contributed by atoms with Gasteiger partial charge in [0.1, 0.15) is 0 Å². The molecule has 0 bridgehead atoms. The van der Waals surface area contributed by atoms with Gasteiger partial charge in [0.2, 0.25) is 5.91 Å². The number of hydrogen-bond acceptors (Lipinski definition) is 3. The minimum absolute atomic E-state index is 0.123. The van der Waals surface area contributed by atoms with Gasteiger partial charge in [0.15, 0.2) is 0 Å². The van der Waals surface area contributed by atoms with Crippen LogP contribution in [0.1, 0.15) is 37.2 Å². The third kappa shape index (κ3) is 2.85. The van der Waals surface area contributed by atoms with Crippen molar-refractivity contribution in [2.24, 2.45) is 12.8 Å². The van der Waals surface area contributed by atoms with Crippen molar-refractivity contribution in [2.75, 3.05) is 0 Å². The maximum absolute atomic E-state index is 11.8. The number of rotatable bonds is 4. The van der Waals surface area contributed by atoms with Crippen LogP contribution in [0.2, 0.25) is 0 Å². The zero-order valence-corrected chi connectivity index (χ0v) is 11.3. The highest BCUT2D eigenvalue weighted by molar-refractivity contribution is 5.85. The van der Waals surface area contributed by atoms with Gasteiger partial charge >= 0.3 is 0 Å². The van der Waals surface area contributed by atoms with Crippen LogP contribution in [-0.4, -0.2) is 21.2 Å². The van der Waals surface area contributed by atoms with Crippen molar-refractivity contribution in [3.63, 3.8) is 0 Å². The van der Waals surface area contributed by atoms with E-state index in [4.69, 9.17) is 5.73 Å². The Kier molecular flexibility index (Phi) is 3.93. The van der Waals surface area contributed by atoms with Crippen LogP contribution in [0.4, 0.5) is 0 Å². The average molecular weight is 238 g/mol. The topological polar surface area (TPSA) is 72.9 Å². The highest BCUT2D eigenvalue weighted by Gasteiger charge is 2.25. The van der Waals surface area contributed by atoms with Crippen molar-refractivity contribution in [3.8, 4) is 0 Å². The molecule has 0 spiro atoms. The molecule has 5 heteroatoms. The van der Waals surface area contributed by atoms with Gasteiger partial charge in [0.05, 0.1) is 11.2 Å². The van der Waals surface area contributed by atoms with Crippen molar-refractivity contribution in [2.45, 2.75) is 46.2 Å². The number of carbonyl (C=O) groups is 1. The molecule has 17 heavy (non-hydrogen) atoms. The molecule has 0 fully saturated rings. The first-order valence-electron chi connectivity index (χ1n) is 5.85. The van der Waals surface area contributed by atoms with Crippen molar-refractivity contribution in [1.82, 2.24) is 15.1 Å². The SMILES string of the molecule is CCC(C)(N)C(=O)NCc1c(C)nn(C)c1C. The lowest BCUT2D eigenvalue weighted by Gasteiger charge is -2.21. The lowest BCUT2D eigenvalue weighted by molar-refractivity contribution is -0.126. The molecule has 1 atom stereocenters. The van der Waals surface area contributed by atoms with Gasteiger partial charge in [0.25, 0.3) is 0 Å². The summed E-state index contributed by atoms with van der Waals surface area (Å²) in [5.41, 5.74) is 8.15. The number of aryl methyl sites for hydroxylation is 2. The maximum Gasteiger partial charge on any atom is 0.240 e. The lowest BCUT2D eigenvalue weighted by atomic mass is 9.99. The largest absolute Gasteiger partial charge is 0.350 e. The first kappa shape index (κ1) is 13.7. The van der Waals surface area contributed by atoms with Crippen LogP contribution >= 0.6 is 0 Å². The van der Waals surface area contributed by atoms with Gasteiger partial charge in [-0.1, -0.05) is 6.92 Å². The van der Waals surface area contributed by atoms with E-state index < -0.39 is 5.54 Å². The van der Waals surface area contributed by atoms with Crippen LogP contribution in [0, 0.1) is 13.8 Å². The molecule has 1 aromatic heterocycles. The number of amides is 1. The Balaban J connectivity index is 2.72. The lowest BCUT2D eigenvalue weighted by Crippen LogP contribution is -2.50. The van der Waals surface area contributed by atoms with Crippen LogP contribution in [0.3, 0.4) is 0 Å². The highest BCUT2D eigenvalue weighted by Crippen LogP contribution is 2.12. The minimum atomic E-state index is -0.802. The fraction of sp³-hybridized carbons (Fsp3) is 0.667. The smallest absolute Gasteiger partial charge is 0.240 e. The normalized spacial score (nSPS) is 14.5. The van der Waals surface area contributed by atoms with Crippen molar-refractivity contribution in [1.29, 1.82) is 0 Å². The Labute approximate surface area is 102 Å². The van der Waals surface area contributed by atoms with E-state index in [1.54, 1.807) is 6.92 Å². The Morgan fingerprint density at radius 2 is 2.12 bits per heavy atom. The fourth-order valence-electron chi connectivity index (χ4n) is 1.60. The molecule has 0 radical (unpaired) electrons. The number of carbonyl (C=O) groups excluding carboxylic acids is 1. The summed E-state index contributed by atoms with van der Waals surface area (Å²) < 4.78 is 1.82. The Hall–Kier alpha value is -1.36. The third-order valence-electron chi connectivity index (χ3n) is 3.34. The summed E-state index contributed by atoms with van der Waals surface area (Å²) in [7, 11) is 1.90. The predicted molar refractivity (Wildman–Crippen MR) is 67.4 cm³/mol. The van der Waals surface area contributed by atoms with Crippen LogP contribution in [0.15, 0.2) is 0 Å². The van der Waals surface area contributed by atoms with Crippen molar-refractivity contribution in [3.05, 3.63) is 17.0 Å². The van der Waals surface area contributed by atoms with Gasteiger partial charge in [-0.15, -0.1) is 0 Å². The van der Waals surface area contributed by atoms with Crippen LogP contribution in [-0.2, 0) is 18.4 Å². The van der Waals surface area contributed by atoms with Gasteiger partial charge in [-0.05, 0) is 27.2 Å². The number of nitrogens with two attached hydrogens (primary N) is 1. The third-order valence-corrected chi connectivity index (χ3v) is 3.34. The van der Waals surface area contributed by atoms with Crippen LogP contribution in [0.25, 0.3) is 0 Å². The Bertz CT molecular complexity index is 420. The zero-order valence-electron chi connectivity index (χ0n) is 11.3. The molecule has 0 saturated heterocycles. The maximum atomic E-state index is 11.8. The van der Waals surface area contributed by atoms with E-state index in [9.17, 15) is 4.79 Å². The molecule has 1 amide bonds. The Morgan fingerprint density at radius 1 is 1.53 bits per heavy atom.